The Labute approximate surface area is 129 Å². The molecule has 0 N–H and O–H groups in total. The molecule has 21 heavy (non-hydrogen) atoms. The summed E-state index contributed by atoms with van der Waals surface area (Å²) < 4.78 is 11.2. The topological polar surface area (TPSA) is 35.5 Å². The van der Waals surface area contributed by atoms with Crippen molar-refractivity contribution in [1.82, 2.24) is 0 Å². The second kappa shape index (κ2) is 7.14. The van der Waals surface area contributed by atoms with Gasteiger partial charge in [-0.1, -0.05) is 23.7 Å². The van der Waals surface area contributed by atoms with Crippen LogP contribution in [-0.4, -0.2) is 19.5 Å². The molecule has 0 heterocycles. The highest BCUT2D eigenvalue weighted by molar-refractivity contribution is 6.32. The lowest BCUT2D eigenvalue weighted by Gasteiger charge is -2.11. The van der Waals surface area contributed by atoms with Crippen LogP contribution in [0.1, 0.15) is 21.5 Å². The molecule has 0 spiro atoms. The molecule has 0 aliphatic rings. The van der Waals surface area contributed by atoms with Gasteiger partial charge in [0, 0.05) is 5.02 Å². The van der Waals surface area contributed by atoms with E-state index in [2.05, 4.69) is 0 Å². The minimum atomic E-state index is 0.367. The predicted molar refractivity (Wildman–Crippen MR) is 83.7 cm³/mol. The van der Waals surface area contributed by atoms with E-state index in [1.165, 1.54) is 0 Å². The third-order valence-electron chi connectivity index (χ3n) is 3.07. The Morgan fingerprint density at radius 2 is 1.67 bits per heavy atom. The van der Waals surface area contributed by atoms with E-state index in [0.717, 1.165) is 28.2 Å². The summed E-state index contributed by atoms with van der Waals surface area (Å²) >= 11 is 6.11. The number of carbonyl (C=O) groups excluding carboxylic acids is 1. The van der Waals surface area contributed by atoms with E-state index >= 15 is 0 Å². The standard InChI is InChI=1S/C17H17ClO3/c1-12-9-15(10-13(2)17(12)18)20-7-8-21-16-6-4-3-5-14(16)11-19/h3-6,9-11H,7-8H2,1-2H3. The third-order valence-corrected chi connectivity index (χ3v) is 3.66. The summed E-state index contributed by atoms with van der Waals surface area (Å²) in [7, 11) is 0. The Hall–Kier alpha value is -2.00. The van der Waals surface area contributed by atoms with Crippen LogP contribution in [0.4, 0.5) is 0 Å². The molecule has 2 aromatic rings. The normalized spacial score (nSPS) is 10.2. The molecule has 0 aliphatic carbocycles. The molecule has 0 amide bonds. The van der Waals surface area contributed by atoms with Crippen LogP contribution in [0, 0.1) is 13.8 Å². The molecule has 0 saturated carbocycles. The number of ether oxygens (including phenoxy) is 2. The largest absolute Gasteiger partial charge is 0.490 e. The zero-order chi connectivity index (χ0) is 15.2. The number of carbonyl (C=O) groups is 1. The Balaban J connectivity index is 1.89. The van der Waals surface area contributed by atoms with Crippen LogP contribution in [0.5, 0.6) is 11.5 Å². The number of halogens is 1. The molecule has 2 aromatic carbocycles. The van der Waals surface area contributed by atoms with E-state index in [9.17, 15) is 4.79 Å². The first-order valence-electron chi connectivity index (χ1n) is 6.68. The Morgan fingerprint density at radius 3 is 2.33 bits per heavy atom. The fraction of sp³-hybridized carbons (Fsp3) is 0.235. The average Bonchev–Trinajstić information content (AvgIpc) is 2.49. The molecule has 0 atom stereocenters. The highest BCUT2D eigenvalue weighted by atomic mass is 35.5. The molecule has 4 heteroatoms. The highest BCUT2D eigenvalue weighted by Crippen LogP contribution is 2.25. The summed E-state index contributed by atoms with van der Waals surface area (Å²) in [5.74, 6) is 1.33. The van der Waals surface area contributed by atoms with E-state index < -0.39 is 0 Å². The van der Waals surface area contributed by atoms with E-state index in [-0.39, 0.29) is 0 Å². The van der Waals surface area contributed by atoms with Crippen molar-refractivity contribution in [2.24, 2.45) is 0 Å². The van der Waals surface area contributed by atoms with Gasteiger partial charge in [-0.15, -0.1) is 0 Å². The zero-order valence-corrected chi connectivity index (χ0v) is 12.8. The molecule has 0 fully saturated rings. The lowest BCUT2D eigenvalue weighted by molar-refractivity contribution is 0.111. The van der Waals surface area contributed by atoms with Gasteiger partial charge in [0.1, 0.15) is 24.7 Å². The van der Waals surface area contributed by atoms with Crippen molar-refractivity contribution in [1.29, 1.82) is 0 Å². The van der Waals surface area contributed by atoms with Gasteiger partial charge in [0.2, 0.25) is 0 Å². The van der Waals surface area contributed by atoms with Crippen LogP contribution in [0.2, 0.25) is 5.02 Å². The van der Waals surface area contributed by atoms with E-state index in [0.29, 0.717) is 24.5 Å². The minimum absolute atomic E-state index is 0.367. The van der Waals surface area contributed by atoms with Gasteiger partial charge in [-0.3, -0.25) is 4.79 Å². The van der Waals surface area contributed by atoms with Gasteiger partial charge in [0.05, 0.1) is 5.56 Å². The van der Waals surface area contributed by atoms with Crippen LogP contribution in [0.25, 0.3) is 0 Å². The second-order valence-electron chi connectivity index (χ2n) is 4.72. The minimum Gasteiger partial charge on any atom is -0.490 e. The summed E-state index contributed by atoms with van der Waals surface area (Å²) in [6.45, 7) is 4.65. The van der Waals surface area contributed by atoms with Crippen molar-refractivity contribution in [3.8, 4) is 11.5 Å². The van der Waals surface area contributed by atoms with Crippen LogP contribution in [0.15, 0.2) is 36.4 Å². The Bertz CT molecular complexity index is 615. The van der Waals surface area contributed by atoms with E-state index in [1.54, 1.807) is 18.2 Å². The number of hydrogen-bond acceptors (Lipinski definition) is 3. The molecule has 0 saturated heterocycles. The molecule has 0 radical (unpaired) electrons. The molecule has 2 rings (SSSR count). The maximum absolute atomic E-state index is 10.9. The van der Waals surface area contributed by atoms with Gasteiger partial charge >= 0.3 is 0 Å². The number of hydrogen-bond donors (Lipinski definition) is 0. The molecular formula is C17H17ClO3. The SMILES string of the molecule is Cc1cc(OCCOc2ccccc2C=O)cc(C)c1Cl. The van der Waals surface area contributed by atoms with Gasteiger partial charge in [-0.05, 0) is 49.2 Å². The predicted octanol–water partition coefficient (Wildman–Crippen LogP) is 4.23. The number of rotatable bonds is 6. The first-order valence-corrected chi connectivity index (χ1v) is 7.06. The van der Waals surface area contributed by atoms with Crippen LogP contribution >= 0.6 is 11.6 Å². The number of aryl methyl sites for hydroxylation is 2. The van der Waals surface area contributed by atoms with Crippen molar-refractivity contribution in [3.63, 3.8) is 0 Å². The quantitative estimate of drug-likeness (QED) is 0.592. The van der Waals surface area contributed by atoms with Crippen molar-refractivity contribution < 1.29 is 14.3 Å². The fourth-order valence-electron chi connectivity index (χ4n) is 2.01. The zero-order valence-electron chi connectivity index (χ0n) is 12.1. The van der Waals surface area contributed by atoms with E-state index in [4.69, 9.17) is 21.1 Å². The monoisotopic (exact) mass is 304 g/mol. The molecule has 0 aromatic heterocycles. The van der Waals surface area contributed by atoms with Gasteiger partial charge in [0.25, 0.3) is 0 Å². The van der Waals surface area contributed by atoms with Crippen LogP contribution < -0.4 is 9.47 Å². The summed E-state index contributed by atoms with van der Waals surface area (Å²) in [6.07, 6.45) is 0.780. The summed E-state index contributed by atoms with van der Waals surface area (Å²) in [5, 5.41) is 0.763. The molecule has 0 bridgehead atoms. The van der Waals surface area contributed by atoms with Gasteiger partial charge in [0.15, 0.2) is 6.29 Å². The van der Waals surface area contributed by atoms with Crippen LogP contribution in [0.3, 0.4) is 0 Å². The Kier molecular flexibility index (Phi) is 5.23. The second-order valence-corrected chi connectivity index (χ2v) is 5.10. The van der Waals surface area contributed by atoms with Crippen molar-refractivity contribution in [2.75, 3.05) is 13.2 Å². The molecule has 0 aliphatic heterocycles. The average molecular weight is 305 g/mol. The first-order chi connectivity index (χ1) is 10.1. The highest BCUT2D eigenvalue weighted by Gasteiger charge is 2.04. The van der Waals surface area contributed by atoms with Crippen molar-refractivity contribution in [2.45, 2.75) is 13.8 Å². The first kappa shape index (κ1) is 15.4. The van der Waals surface area contributed by atoms with Gasteiger partial charge in [-0.2, -0.15) is 0 Å². The summed E-state index contributed by atoms with van der Waals surface area (Å²) in [6, 6.07) is 10.9. The number of aldehydes is 1. The maximum atomic E-state index is 10.9. The number of para-hydroxylation sites is 1. The smallest absolute Gasteiger partial charge is 0.153 e. The molecule has 110 valence electrons. The lowest BCUT2D eigenvalue weighted by atomic mass is 10.1. The van der Waals surface area contributed by atoms with Gasteiger partial charge < -0.3 is 9.47 Å². The molecule has 0 unspecified atom stereocenters. The fourth-order valence-corrected chi connectivity index (χ4v) is 2.12. The lowest BCUT2D eigenvalue weighted by Crippen LogP contribution is -2.10. The molecular weight excluding hydrogens is 288 g/mol. The van der Waals surface area contributed by atoms with Crippen LogP contribution in [-0.2, 0) is 0 Å². The molecule has 3 nitrogen and oxygen atoms in total. The van der Waals surface area contributed by atoms with Gasteiger partial charge in [-0.25, -0.2) is 0 Å². The van der Waals surface area contributed by atoms with Crippen molar-refractivity contribution >= 4 is 17.9 Å². The summed E-state index contributed by atoms with van der Waals surface area (Å²) in [4.78, 5) is 10.9. The number of benzene rings is 2. The van der Waals surface area contributed by atoms with Crippen molar-refractivity contribution in [3.05, 3.63) is 58.1 Å². The third kappa shape index (κ3) is 3.99. The Morgan fingerprint density at radius 1 is 1.05 bits per heavy atom. The summed E-state index contributed by atoms with van der Waals surface area (Å²) in [5.41, 5.74) is 2.51. The maximum Gasteiger partial charge on any atom is 0.153 e. The van der Waals surface area contributed by atoms with E-state index in [1.807, 2.05) is 32.0 Å².